The third kappa shape index (κ3) is 3.46. The van der Waals surface area contributed by atoms with Crippen molar-refractivity contribution >= 4 is 34.1 Å². The summed E-state index contributed by atoms with van der Waals surface area (Å²) in [6.07, 6.45) is 0. The van der Waals surface area contributed by atoms with Crippen LogP contribution >= 0.6 is 11.6 Å². The first-order chi connectivity index (χ1) is 11.8. The molecule has 0 unspecified atom stereocenters. The second-order valence-electron chi connectivity index (χ2n) is 5.61. The molecule has 0 atom stereocenters. The molecular formula is C17H13ClFN3O3. The van der Waals surface area contributed by atoms with Crippen molar-refractivity contribution in [1.82, 2.24) is 9.88 Å². The van der Waals surface area contributed by atoms with E-state index < -0.39 is 4.92 Å². The third-order valence-electron chi connectivity index (χ3n) is 3.81. The van der Waals surface area contributed by atoms with Crippen molar-refractivity contribution in [3.8, 4) is 0 Å². The van der Waals surface area contributed by atoms with Crippen molar-refractivity contribution in [1.29, 1.82) is 0 Å². The minimum atomic E-state index is -0.520. The summed E-state index contributed by atoms with van der Waals surface area (Å²) in [5, 5.41) is 11.8. The minimum absolute atomic E-state index is 0.0960. The van der Waals surface area contributed by atoms with Gasteiger partial charge < -0.3 is 9.88 Å². The van der Waals surface area contributed by atoms with E-state index in [1.807, 2.05) is 0 Å². The van der Waals surface area contributed by atoms with Gasteiger partial charge in [-0.25, -0.2) is 4.39 Å². The number of rotatable bonds is 4. The lowest BCUT2D eigenvalue weighted by Gasteiger charge is -2.17. The van der Waals surface area contributed by atoms with Crippen molar-refractivity contribution in [2.75, 3.05) is 7.05 Å². The maximum atomic E-state index is 13.3. The molecule has 0 saturated heterocycles. The molecule has 6 nitrogen and oxygen atoms in total. The fraction of sp³-hybridized carbons (Fsp3) is 0.118. The number of nitro benzene ring substituents is 1. The average Bonchev–Trinajstić information content (AvgIpc) is 2.98. The van der Waals surface area contributed by atoms with Crippen LogP contribution in [0.4, 0.5) is 10.1 Å². The lowest BCUT2D eigenvalue weighted by Crippen LogP contribution is -2.26. The van der Waals surface area contributed by atoms with E-state index in [1.54, 1.807) is 19.2 Å². The first kappa shape index (κ1) is 16.9. The largest absolute Gasteiger partial charge is 0.351 e. The third-order valence-corrected chi connectivity index (χ3v) is 4.18. The van der Waals surface area contributed by atoms with E-state index in [2.05, 4.69) is 4.98 Å². The maximum absolute atomic E-state index is 13.3. The summed E-state index contributed by atoms with van der Waals surface area (Å²) in [5.74, 6) is -0.721. The highest BCUT2D eigenvalue weighted by molar-refractivity contribution is 6.31. The molecule has 0 bridgehead atoms. The molecule has 0 saturated carbocycles. The summed E-state index contributed by atoms with van der Waals surface area (Å²) < 4.78 is 13.3. The van der Waals surface area contributed by atoms with Gasteiger partial charge in [0.05, 0.1) is 4.92 Å². The van der Waals surface area contributed by atoms with Crippen molar-refractivity contribution < 1.29 is 14.1 Å². The normalized spacial score (nSPS) is 10.8. The number of nitro groups is 1. The van der Waals surface area contributed by atoms with Crippen molar-refractivity contribution in [2.45, 2.75) is 6.54 Å². The number of carbonyl (C=O) groups is 1. The van der Waals surface area contributed by atoms with Crippen LogP contribution in [0, 0.1) is 15.9 Å². The van der Waals surface area contributed by atoms with Crippen LogP contribution in [-0.4, -0.2) is 27.8 Å². The molecule has 1 N–H and O–H groups in total. The number of hydrogen-bond acceptors (Lipinski definition) is 3. The van der Waals surface area contributed by atoms with Crippen LogP contribution < -0.4 is 0 Å². The number of aromatic amines is 1. The second-order valence-corrected chi connectivity index (χ2v) is 6.02. The quantitative estimate of drug-likeness (QED) is 0.560. The number of aromatic nitrogens is 1. The molecule has 1 heterocycles. The predicted octanol–water partition coefficient (Wildman–Crippen LogP) is 4.14. The first-order valence-corrected chi connectivity index (χ1v) is 7.69. The highest BCUT2D eigenvalue weighted by Crippen LogP contribution is 2.24. The molecule has 8 heteroatoms. The highest BCUT2D eigenvalue weighted by atomic mass is 35.5. The predicted molar refractivity (Wildman–Crippen MR) is 92.2 cm³/mol. The van der Waals surface area contributed by atoms with Crippen LogP contribution in [0.3, 0.4) is 0 Å². The highest BCUT2D eigenvalue weighted by Gasteiger charge is 2.17. The molecule has 0 radical (unpaired) electrons. The summed E-state index contributed by atoms with van der Waals surface area (Å²) >= 11 is 6.07. The summed E-state index contributed by atoms with van der Waals surface area (Å²) in [4.78, 5) is 27.2. The number of fused-ring (bicyclic) bond motifs is 1. The zero-order valence-corrected chi connectivity index (χ0v) is 13.9. The molecular weight excluding hydrogens is 349 g/mol. The molecule has 25 heavy (non-hydrogen) atoms. The van der Waals surface area contributed by atoms with E-state index in [1.165, 1.54) is 35.2 Å². The second kappa shape index (κ2) is 6.52. The number of hydrogen-bond donors (Lipinski definition) is 1. The summed E-state index contributed by atoms with van der Waals surface area (Å²) in [5.41, 5.74) is 1.31. The van der Waals surface area contributed by atoms with Gasteiger partial charge in [-0.05, 0) is 35.9 Å². The number of nitrogens with zero attached hydrogens (tertiary/aromatic N) is 2. The van der Waals surface area contributed by atoms with E-state index in [0.717, 1.165) is 0 Å². The van der Waals surface area contributed by atoms with Crippen LogP contribution in [0.1, 0.15) is 16.1 Å². The standard InChI is InChI=1S/C17H13ClFN3O3/c1-21(9-11-7-13(22(24)25)3-4-14(11)18)17(23)16-8-10-6-12(19)2-5-15(10)20-16/h2-8,20H,9H2,1H3. The minimum Gasteiger partial charge on any atom is -0.351 e. The Kier molecular flexibility index (Phi) is 4.41. The lowest BCUT2D eigenvalue weighted by atomic mass is 10.2. The smallest absolute Gasteiger partial charge is 0.270 e. The Morgan fingerprint density at radius 3 is 2.76 bits per heavy atom. The van der Waals surface area contributed by atoms with Crippen LogP contribution in [0.5, 0.6) is 0 Å². The van der Waals surface area contributed by atoms with Gasteiger partial charge in [0.1, 0.15) is 11.5 Å². The summed E-state index contributed by atoms with van der Waals surface area (Å²) in [6.45, 7) is 0.100. The number of benzene rings is 2. The topological polar surface area (TPSA) is 79.2 Å². The average molecular weight is 362 g/mol. The molecule has 1 aromatic heterocycles. The number of H-pyrrole nitrogens is 1. The van der Waals surface area contributed by atoms with Crippen molar-refractivity contribution in [2.24, 2.45) is 0 Å². The molecule has 1 amide bonds. The van der Waals surface area contributed by atoms with Crippen LogP contribution in [0.15, 0.2) is 42.5 Å². The molecule has 0 aliphatic carbocycles. The Balaban J connectivity index is 1.84. The molecule has 128 valence electrons. The number of amides is 1. The van der Waals surface area contributed by atoms with Gasteiger partial charge in [-0.2, -0.15) is 0 Å². The number of carbonyl (C=O) groups excluding carboxylic acids is 1. The van der Waals surface area contributed by atoms with E-state index >= 15 is 0 Å². The van der Waals surface area contributed by atoms with E-state index in [9.17, 15) is 19.3 Å². The zero-order chi connectivity index (χ0) is 18.1. The number of non-ortho nitro benzene ring substituents is 1. The van der Waals surface area contributed by atoms with Gasteiger partial charge in [-0.1, -0.05) is 11.6 Å². The van der Waals surface area contributed by atoms with Gasteiger partial charge in [-0.3, -0.25) is 14.9 Å². The number of halogens is 2. The van der Waals surface area contributed by atoms with Gasteiger partial charge in [0.25, 0.3) is 11.6 Å². The van der Waals surface area contributed by atoms with Gasteiger partial charge in [-0.15, -0.1) is 0 Å². The molecule has 0 aliphatic heterocycles. The SMILES string of the molecule is CN(Cc1cc([N+](=O)[O-])ccc1Cl)C(=O)c1cc2cc(F)ccc2[nH]1. The maximum Gasteiger partial charge on any atom is 0.270 e. The Labute approximate surface area is 147 Å². The molecule has 0 fully saturated rings. The van der Waals surface area contributed by atoms with Gasteiger partial charge >= 0.3 is 0 Å². The van der Waals surface area contributed by atoms with E-state index in [4.69, 9.17) is 11.6 Å². The number of nitrogens with one attached hydrogen (secondary N) is 1. The zero-order valence-electron chi connectivity index (χ0n) is 13.1. The molecule has 3 rings (SSSR count). The fourth-order valence-electron chi connectivity index (χ4n) is 2.55. The Morgan fingerprint density at radius 2 is 2.04 bits per heavy atom. The molecule has 2 aromatic carbocycles. The Hall–Kier alpha value is -2.93. The van der Waals surface area contributed by atoms with Crippen LogP contribution in [0.25, 0.3) is 10.9 Å². The van der Waals surface area contributed by atoms with Crippen LogP contribution in [0.2, 0.25) is 5.02 Å². The van der Waals surface area contributed by atoms with Crippen LogP contribution in [-0.2, 0) is 6.54 Å². The van der Waals surface area contributed by atoms with Crippen molar-refractivity contribution in [3.63, 3.8) is 0 Å². The first-order valence-electron chi connectivity index (χ1n) is 7.31. The summed E-state index contributed by atoms with van der Waals surface area (Å²) in [6, 6.07) is 9.83. The van der Waals surface area contributed by atoms with Gasteiger partial charge in [0.15, 0.2) is 0 Å². The molecule has 0 spiro atoms. The Bertz CT molecular complexity index is 986. The summed E-state index contributed by atoms with van der Waals surface area (Å²) in [7, 11) is 1.56. The van der Waals surface area contributed by atoms with Crippen molar-refractivity contribution in [3.05, 3.63) is 74.7 Å². The Morgan fingerprint density at radius 1 is 1.28 bits per heavy atom. The monoisotopic (exact) mass is 361 g/mol. The van der Waals surface area contributed by atoms with E-state index in [-0.39, 0.29) is 24.0 Å². The molecule has 0 aliphatic rings. The lowest BCUT2D eigenvalue weighted by molar-refractivity contribution is -0.384. The molecule has 3 aromatic rings. The van der Waals surface area contributed by atoms with Gasteiger partial charge in [0.2, 0.25) is 0 Å². The van der Waals surface area contributed by atoms with Gasteiger partial charge in [0, 0.05) is 41.7 Å². The van der Waals surface area contributed by atoms with E-state index in [0.29, 0.717) is 27.2 Å². The fourth-order valence-corrected chi connectivity index (χ4v) is 2.72.